The van der Waals surface area contributed by atoms with Gasteiger partial charge in [-0.2, -0.15) is 0 Å². The fourth-order valence-corrected chi connectivity index (χ4v) is 2.34. The largest absolute Gasteiger partial charge is 0.490 e. The third-order valence-corrected chi connectivity index (χ3v) is 3.18. The molecule has 0 saturated carbocycles. The molecule has 1 atom stereocenters. The van der Waals surface area contributed by atoms with Gasteiger partial charge in [0.2, 0.25) is 5.75 Å². The molecule has 1 unspecified atom stereocenters. The van der Waals surface area contributed by atoms with Crippen molar-refractivity contribution in [1.82, 2.24) is 9.97 Å². The lowest BCUT2D eigenvalue weighted by molar-refractivity contribution is 0.401. The number of methoxy groups -OCH3 is 1. The molecule has 1 N–H and O–H groups in total. The van der Waals surface area contributed by atoms with Crippen molar-refractivity contribution in [2.45, 2.75) is 19.8 Å². The van der Waals surface area contributed by atoms with E-state index < -0.39 is 0 Å². The first-order chi connectivity index (χ1) is 8.26. The first-order valence-corrected chi connectivity index (χ1v) is 6.08. The SMILES string of the molecule is CNc1ncnc(N2CCCC(C)C2)c1OC. The van der Waals surface area contributed by atoms with E-state index in [2.05, 4.69) is 27.1 Å². The standard InChI is InChI=1S/C12H20N4O/c1-9-5-4-6-16(7-9)12-10(17-3)11(13-2)14-8-15-12/h8-9H,4-7H2,1-3H3,(H,13,14,15). The van der Waals surface area contributed by atoms with Gasteiger partial charge in [-0.15, -0.1) is 0 Å². The van der Waals surface area contributed by atoms with Crippen LogP contribution in [0, 0.1) is 5.92 Å². The number of nitrogens with zero attached hydrogens (tertiary/aromatic N) is 3. The van der Waals surface area contributed by atoms with Gasteiger partial charge in [-0.1, -0.05) is 6.92 Å². The van der Waals surface area contributed by atoms with Crippen LogP contribution in [0.1, 0.15) is 19.8 Å². The second-order valence-electron chi connectivity index (χ2n) is 4.52. The molecule has 2 rings (SSSR count). The molecule has 5 heteroatoms. The molecular weight excluding hydrogens is 216 g/mol. The summed E-state index contributed by atoms with van der Waals surface area (Å²) in [7, 11) is 3.50. The lowest BCUT2D eigenvalue weighted by Gasteiger charge is -2.32. The fraction of sp³-hybridized carbons (Fsp3) is 0.667. The van der Waals surface area contributed by atoms with Crippen molar-refractivity contribution in [2.24, 2.45) is 5.92 Å². The molecule has 94 valence electrons. The number of rotatable bonds is 3. The summed E-state index contributed by atoms with van der Waals surface area (Å²) in [4.78, 5) is 10.8. The van der Waals surface area contributed by atoms with Gasteiger partial charge < -0.3 is 15.0 Å². The van der Waals surface area contributed by atoms with Crippen LogP contribution in [0.25, 0.3) is 0 Å². The molecule has 5 nitrogen and oxygen atoms in total. The monoisotopic (exact) mass is 236 g/mol. The normalized spacial score (nSPS) is 20.2. The molecule has 1 aromatic rings. The Morgan fingerprint density at radius 2 is 2.29 bits per heavy atom. The number of piperidine rings is 1. The topological polar surface area (TPSA) is 50.3 Å². The van der Waals surface area contributed by atoms with Crippen LogP contribution in [0.2, 0.25) is 0 Å². The Bertz CT molecular complexity index is 383. The van der Waals surface area contributed by atoms with Crippen LogP contribution in [0.5, 0.6) is 5.75 Å². The van der Waals surface area contributed by atoms with Crippen molar-refractivity contribution in [2.75, 3.05) is 37.5 Å². The number of hydrogen-bond donors (Lipinski definition) is 1. The van der Waals surface area contributed by atoms with Crippen LogP contribution in [0.4, 0.5) is 11.6 Å². The predicted octanol–water partition coefficient (Wildman–Crippen LogP) is 1.76. The van der Waals surface area contributed by atoms with Gasteiger partial charge in [0.05, 0.1) is 7.11 Å². The zero-order chi connectivity index (χ0) is 12.3. The highest BCUT2D eigenvalue weighted by Gasteiger charge is 2.22. The van der Waals surface area contributed by atoms with E-state index in [9.17, 15) is 0 Å². The molecule has 0 radical (unpaired) electrons. The Hall–Kier alpha value is -1.52. The highest BCUT2D eigenvalue weighted by Crippen LogP contribution is 2.33. The molecule has 0 spiro atoms. The van der Waals surface area contributed by atoms with Crippen LogP contribution < -0.4 is 15.0 Å². The third kappa shape index (κ3) is 2.43. The van der Waals surface area contributed by atoms with Gasteiger partial charge in [-0.05, 0) is 18.8 Å². The first-order valence-electron chi connectivity index (χ1n) is 6.08. The quantitative estimate of drug-likeness (QED) is 0.866. The van der Waals surface area contributed by atoms with E-state index in [1.165, 1.54) is 12.8 Å². The number of anilines is 2. The average molecular weight is 236 g/mol. The maximum atomic E-state index is 5.43. The van der Waals surface area contributed by atoms with E-state index in [-0.39, 0.29) is 0 Å². The van der Waals surface area contributed by atoms with Crippen molar-refractivity contribution < 1.29 is 4.74 Å². The van der Waals surface area contributed by atoms with E-state index in [1.807, 2.05) is 7.05 Å². The van der Waals surface area contributed by atoms with Gasteiger partial charge >= 0.3 is 0 Å². The van der Waals surface area contributed by atoms with Crippen LogP contribution >= 0.6 is 0 Å². The summed E-state index contributed by atoms with van der Waals surface area (Å²) in [5, 5.41) is 3.03. The summed E-state index contributed by atoms with van der Waals surface area (Å²) in [5.41, 5.74) is 0. The Morgan fingerprint density at radius 3 is 2.94 bits per heavy atom. The molecule has 1 aliphatic heterocycles. The molecule has 0 aliphatic carbocycles. The summed E-state index contributed by atoms with van der Waals surface area (Å²) in [5.74, 6) is 3.10. The molecule has 1 aromatic heterocycles. The lowest BCUT2D eigenvalue weighted by Crippen LogP contribution is -2.35. The summed E-state index contributed by atoms with van der Waals surface area (Å²) < 4.78 is 5.43. The van der Waals surface area contributed by atoms with E-state index in [4.69, 9.17) is 4.74 Å². The lowest BCUT2D eigenvalue weighted by atomic mass is 10.0. The van der Waals surface area contributed by atoms with Crippen LogP contribution in [0.15, 0.2) is 6.33 Å². The maximum absolute atomic E-state index is 5.43. The summed E-state index contributed by atoms with van der Waals surface area (Å²) in [6, 6.07) is 0. The van der Waals surface area contributed by atoms with Crippen molar-refractivity contribution in [1.29, 1.82) is 0 Å². The maximum Gasteiger partial charge on any atom is 0.204 e. The Morgan fingerprint density at radius 1 is 1.47 bits per heavy atom. The van der Waals surface area contributed by atoms with Crippen LogP contribution in [0.3, 0.4) is 0 Å². The second-order valence-corrected chi connectivity index (χ2v) is 4.52. The van der Waals surface area contributed by atoms with E-state index in [0.29, 0.717) is 5.92 Å². The zero-order valence-corrected chi connectivity index (χ0v) is 10.7. The predicted molar refractivity (Wildman–Crippen MR) is 68.7 cm³/mol. The van der Waals surface area contributed by atoms with Crippen molar-refractivity contribution in [3.05, 3.63) is 6.33 Å². The van der Waals surface area contributed by atoms with Crippen LogP contribution in [-0.2, 0) is 0 Å². The van der Waals surface area contributed by atoms with Crippen molar-refractivity contribution >= 4 is 11.6 Å². The second kappa shape index (κ2) is 5.21. The molecule has 0 aromatic carbocycles. The molecule has 0 amide bonds. The summed E-state index contributed by atoms with van der Waals surface area (Å²) in [6.45, 7) is 4.36. The highest BCUT2D eigenvalue weighted by atomic mass is 16.5. The van der Waals surface area contributed by atoms with Gasteiger partial charge in [0.1, 0.15) is 6.33 Å². The van der Waals surface area contributed by atoms with Crippen molar-refractivity contribution in [3.8, 4) is 5.75 Å². The number of hydrogen-bond acceptors (Lipinski definition) is 5. The Kier molecular flexibility index (Phi) is 3.66. The van der Waals surface area contributed by atoms with Gasteiger partial charge in [0, 0.05) is 20.1 Å². The zero-order valence-electron chi connectivity index (χ0n) is 10.7. The van der Waals surface area contributed by atoms with E-state index >= 15 is 0 Å². The van der Waals surface area contributed by atoms with Crippen LogP contribution in [-0.4, -0.2) is 37.2 Å². The molecule has 2 heterocycles. The fourth-order valence-electron chi connectivity index (χ4n) is 2.34. The number of nitrogens with one attached hydrogen (secondary N) is 1. The Labute approximate surface area is 102 Å². The minimum Gasteiger partial charge on any atom is -0.490 e. The molecule has 1 aliphatic rings. The van der Waals surface area contributed by atoms with Gasteiger partial charge in [0.25, 0.3) is 0 Å². The summed E-state index contributed by atoms with van der Waals surface area (Å²) in [6.07, 6.45) is 4.09. The molecule has 0 bridgehead atoms. The van der Waals surface area contributed by atoms with Gasteiger partial charge in [-0.25, -0.2) is 9.97 Å². The number of aromatic nitrogens is 2. The van der Waals surface area contributed by atoms with Gasteiger partial charge in [0.15, 0.2) is 11.6 Å². The molecule has 1 saturated heterocycles. The smallest absolute Gasteiger partial charge is 0.204 e. The molecular formula is C12H20N4O. The molecule has 1 fully saturated rings. The minimum absolute atomic E-state index is 0.710. The first kappa shape index (κ1) is 12.0. The minimum atomic E-state index is 0.710. The third-order valence-electron chi connectivity index (χ3n) is 3.18. The van der Waals surface area contributed by atoms with E-state index in [1.54, 1.807) is 13.4 Å². The Balaban J connectivity index is 2.30. The van der Waals surface area contributed by atoms with Gasteiger partial charge in [-0.3, -0.25) is 0 Å². The van der Waals surface area contributed by atoms with E-state index in [0.717, 1.165) is 30.5 Å². The highest BCUT2D eigenvalue weighted by molar-refractivity contribution is 5.64. The molecule has 17 heavy (non-hydrogen) atoms. The average Bonchev–Trinajstić information content (AvgIpc) is 2.37. The summed E-state index contributed by atoms with van der Waals surface area (Å²) >= 11 is 0. The number of ether oxygens (including phenoxy) is 1. The van der Waals surface area contributed by atoms with Crippen molar-refractivity contribution in [3.63, 3.8) is 0 Å².